The molecule has 0 amide bonds. The maximum atomic E-state index is 14.0. The quantitative estimate of drug-likeness (QED) is 0.284. The van der Waals surface area contributed by atoms with Gasteiger partial charge in [0.2, 0.25) is 10.0 Å². The van der Waals surface area contributed by atoms with E-state index in [-0.39, 0.29) is 17.3 Å². The molecule has 2 aliphatic heterocycles. The Kier molecular flexibility index (Phi) is 7.73. The van der Waals surface area contributed by atoms with Crippen molar-refractivity contribution < 1.29 is 22.3 Å². The van der Waals surface area contributed by atoms with Gasteiger partial charge in [0.1, 0.15) is 24.5 Å². The molecule has 0 aromatic heterocycles. The van der Waals surface area contributed by atoms with Crippen molar-refractivity contribution in [2.45, 2.75) is 17.2 Å². The van der Waals surface area contributed by atoms with E-state index in [4.69, 9.17) is 27.0 Å². The maximum absolute atomic E-state index is 14.0. The van der Waals surface area contributed by atoms with Gasteiger partial charge in [0, 0.05) is 36.0 Å². The van der Waals surface area contributed by atoms with Gasteiger partial charge >= 0.3 is 0 Å². The van der Waals surface area contributed by atoms with Crippen molar-refractivity contribution in [3.8, 4) is 16.9 Å². The first-order chi connectivity index (χ1) is 20.3. The SMILES string of the molecule is NC1(c2ccc(OCc3ccccc3F)cc2)c2cc(-c3ccc(S(=O)(=O)N4CCOCC4)cc3)ccc2N=CN1Cl. The van der Waals surface area contributed by atoms with E-state index in [1.165, 1.54) is 21.1 Å². The van der Waals surface area contributed by atoms with E-state index in [1.807, 2.05) is 30.3 Å². The number of morpholine rings is 1. The average molecular weight is 607 g/mol. The normalized spacial score (nSPS) is 19.0. The van der Waals surface area contributed by atoms with Crippen LogP contribution >= 0.6 is 11.8 Å². The summed E-state index contributed by atoms with van der Waals surface area (Å²) in [6, 6.07) is 26.1. The van der Waals surface area contributed by atoms with E-state index in [9.17, 15) is 12.8 Å². The molecule has 1 unspecified atom stereocenters. The maximum Gasteiger partial charge on any atom is 0.243 e. The van der Waals surface area contributed by atoms with Crippen LogP contribution in [-0.4, -0.2) is 49.8 Å². The van der Waals surface area contributed by atoms with Crippen LogP contribution < -0.4 is 10.5 Å². The third kappa shape index (κ3) is 5.28. The van der Waals surface area contributed by atoms with Gasteiger partial charge < -0.3 is 9.47 Å². The molecule has 2 N–H and O–H groups in total. The van der Waals surface area contributed by atoms with Crippen LogP contribution in [0.1, 0.15) is 16.7 Å². The lowest BCUT2D eigenvalue weighted by Crippen LogP contribution is -2.50. The smallest absolute Gasteiger partial charge is 0.243 e. The van der Waals surface area contributed by atoms with Gasteiger partial charge in [-0.15, -0.1) is 0 Å². The van der Waals surface area contributed by atoms with E-state index in [0.29, 0.717) is 54.4 Å². The zero-order valence-electron chi connectivity index (χ0n) is 22.5. The summed E-state index contributed by atoms with van der Waals surface area (Å²) in [5.41, 5.74) is 9.84. The zero-order valence-corrected chi connectivity index (χ0v) is 24.1. The highest BCUT2D eigenvalue weighted by atomic mass is 35.5. The average Bonchev–Trinajstić information content (AvgIpc) is 3.03. The standard InChI is InChI=1S/C31H28ClFN4O4S/c32-37-21-35-30-14-7-23(22-5-12-27(13-6-22)42(38,39)36-15-17-40-18-16-36)19-28(30)31(37,34)25-8-10-26(11-9-25)41-20-24-3-1-2-4-29(24)33/h1-14,19,21H,15-18,20,34H2. The molecule has 11 heteroatoms. The minimum atomic E-state index is -3.60. The van der Waals surface area contributed by atoms with Crippen molar-refractivity contribution >= 4 is 33.8 Å². The number of fused-ring (bicyclic) bond motifs is 1. The summed E-state index contributed by atoms with van der Waals surface area (Å²) in [4.78, 5) is 4.68. The fourth-order valence-electron chi connectivity index (χ4n) is 5.07. The summed E-state index contributed by atoms with van der Waals surface area (Å²) < 4.78 is 53.9. The number of aliphatic imine (C=N–C) groups is 1. The Balaban J connectivity index is 1.27. The van der Waals surface area contributed by atoms with Gasteiger partial charge in [-0.3, -0.25) is 5.73 Å². The highest BCUT2D eigenvalue weighted by molar-refractivity contribution is 7.89. The molecule has 6 rings (SSSR count). The molecular formula is C31H28ClFN4O4S. The minimum absolute atomic E-state index is 0.0901. The second-order valence-electron chi connectivity index (χ2n) is 10.00. The molecule has 0 saturated carbocycles. The predicted octanol–water partition coefficient (Wildman–Crippen LogP) is 5.38. The third-order valence-electron chi connectivity index (χ3n) is 7.48. The number of nitrogens with two attached hydrogens (primary N) is 1. The van der Waals surface area contributed by atoms with Crippen molar-refractivity contribution in [3.05, 3.63) is 114 Å². The van der Waals surface area contributed by atoms with Crippen LogP contribution in [0.25, 0.3) is 11.1 Å². The lowest BCUT2D eigenvalue weighted by Gasteiger charge is -2.39. The molecule has 0 radical (unpaired) electrons. The van der Waals surface area contributed by atoms with Crippen molar-refractivity contribution in [2.24, 2.45) is 10.7 Å². The first kappa shape index (κ1) is 28.3. The topological polar surface area (TPSA) is 97.5 Å². The Morgan fingerprint density at radius 3 is 2.36 bits per heavy atom. The number of rotatable bonds is 7. The van der Waals surface area contributed by atoms with Crippen molar-refractivity contribution in [3.63, 3.8) is 0 Å². The zero-order chi connectivity index (χ0) is 29.3. The largest absolute Gasteiger partial charge is 0.489 e. The van der Waals surface area contributed by atoms with Crippen LogP contribution in [0.2, 0.25) is 0 Å². The van der Waals surface area contributed by atoms with Gasteiger partial charge in [0.05, 0.1) is 23.8 Å². The molecule has 42 heavy (non-hydrogen) atoms. The van der Waals surface area contributed by atoms with E-state index in [1.54, 1.807) is 54.6 Å². The first-order valence-corrected chi connectivity index (χ1v) is 15.1. The summed E-state index contributed by atoms with van der Waals surface area (Å²) in [6.07, 6.45) is 1.47. The van der Waals surface area contributed by atoms with Gasteiger partial charge in [-0.05, 0) is 59.2 Å². The number of hydrogen-bond donors (Lipinski definition) is 1. The summed E-state index contributed by atoms with van der Waals surface area (Å²) >= 11 is 6.63. The molecule has 2 heterocycles. The Morgan fingerprint density at radius 1 is 0.952 bits per heavy atom. The summed E-state index contributed by atoms with van der Waals surface area (Å²) in [7, 11) is -3.60. The minimum Gasteiger partial charge on any atom is -0.489 e. The highest BCUT2D eigenvalue weighted by Crippen LogP contribution is 2.42. The van der Waals surface area contributed by atoms with Crippen LogP contribution in [0.5, 0.6) is 5.75 Å². The van der Waals surface area contributed by atoms with Gasteiger partial charge in [-0.2, -0.15) is 4.31 Å². The second kappa shape index (κ2) is 11.5. The molecule has 1 fully saturated rings. The van der Waals surface area contributed by atoms with E-state index >= 15 is 0 Å². The first-order valence-electron chi connectivity index (χ1n) is 13.3. The molecule has 1 atom stereocenters. The number of ether oxygens (including phenoxy) is 2. The van der Waals surface area contributed by atoms with E-state index in [0.717, 1.165) is 11.1 Å². The molecule has 8 nitrogen and oxygen atoms in total. The number of halogens is 2. The number of hydrogen-bond acceptors (Lipinski definition) is 7. The van der Waals surface area contributed by atoms with Crippen LogP contribution in [0.15, 0.2) is 101 Å². The van der Waals surface area contributed by atoms with E-state index < -0.39 is 15.7 Å². The lowest BCUT2D eigenvalue weighted by molar-refractivity contribution is 0.0730. The lowest BCUT2D eigenvalue weighted by atomic mass is 9.87. The summed E-state index contributed by atoms with van der Waals surface area (Å²) in [5, 5.41) is 0. The van der Waals surface area contributed by atoms with Crippen LogP contribution in [0.3, 0.4) is 0 Å². The molecular weight excluding hydrogens is 579 g/mol. The Labute approximate surface area is 248 Å². The molecule has 4 aromatic carbocycles. The number of benzene rings is 4. The monoisotopic (exact) mass is 606 g/mol. The molecule has 2 aliphatic rings. The molecule has 216 valence electrons. The van der Waals surface area contributed by atoms with Crippen molar-refractivity contribution in [1.82, 2.24) is 8.72 Å². The van der Waals surface area contributed by atoms with Crippen LogP contribution in [0.4, 0.5) is 10.1 Å². The molecule has 4 aromatic rings. The third-order valence-corrected chi connectivity index (χ3v) is 9.75. The Hall–Kier alpha value is -3.80. The van der Waals surface area contributed by atoms with Crippen LogP contribution in [0, 0.1) is 5.82 Å². The number of nitrogens with zero attached hydrogens (tertiary/aromatic N) is 3. The second-order valence-corrected chi connectivity index (χ2v) is 12.3. The van der Waals surface area contributed by atoms with E-state index in [2.05, 4.69) is 4.99 Å². The van der Waals surface area contributed by atoms with Crippen LogP contribution in [-0.2, 0) is 27.0 Å². The van der Waals surface area contributed by atoms with Gasteiger partial charge in [-0.25, -0.2) is 22.2 Å². The molecule has 0 bridgehead atoms. The van der Waals surface area contributed by atoms with Gasteiger partial charge in [0.15, 0.2) is 5.66 Å². The fourth-order valence-corrected chi connectivity index (χ4v) is 6.71. The fraction of sp³-hybridized carbons (Fsp3) is 0.194. The molecule has 1 saturated heterocycles. The Bertz CT molecular complexity index is 1730. The highest BCUT2D eigenvalue weighted by Gasteiger charge is 2.39. The van der Waals surface area contributed by atoms with Gasteiger partial charge in [0.25, 0.3) is 0 Å². The Morgan fingerprint density at radius 2 is 1.64 bits per heavy atom. The van der Waals surface area contributed by atoms with Crippen molar-refractivity contribution in [2.75, 3.05) is 26.3 Å². The summed E-state index contributed by atoms with van der Waals surface area (Å²) in [5.74, 6) is 0.229. The van der Waals surface area contributed by atoms with Crippen molar-refractivity contribution in [1.29, 1.82) is 0 Å². The summed E-state index contributed by atoms with van der Waals surface area (Å²) in [6.45, 7) is 1.53. The van der Waals surface area contributed by atoms with Gasteiger partial charge in [-0.1, -0.05) is 48.5 Å². The number of sulfonamides is 1. The molecule has 0 aliphatic carbocycles. The molecule has 0 spiro atoms. The predicted molar refractivity (Wildman–Crippen MR) is 159 cm³/mol.